The zero-order valence-electron chi connectivity index (χ0n) is 12.1. The molecule has 1 aromatic rings. The van der Waals surface area contributed by atoms with Crippen molar-refractivity contribution in [2.75, 3.05) is 19.5 Å². The van der Waals surface area contributed by atoms with E-state index in [1.54, 1.807) is 6.07 Å². The van der Waals surface area contributed by atoms with Crippen LogP contribution in [0.5, 0.6) is 5.75 Å². The second kappa shape index (κ2) is 6.27. The fourth-order valence-electron chi connectivity index (χ4n) is 1.53. The molecule has 0 fully saturated rings. The van der Waals surface area contributed by atoms with Crippen LogP contribution in [0.15, 0.2) is 18.2 Å². The van der Waals surface area contributed by atoms with Gasteiger partial charge in [-0.2, -0.15) is 0 Å². The smallest absolute Gasteiger partial charge is 0.338 e. The number of carbonyl (C=O) groups excluding carboxylic acids is 2. The van der Waals surface area contributed by atoms with E-state index in [4.69, 9.17) is 15.2 Å². The Bertz CT molecular complexity index is 506. The summed E-state index contributed by atoms with van der Waals surface area (Å²) in [4.78, 5) is 23.3. The number of nitrogens with one attached hydrogen (secondary N) is 1. The molecule has 1 rings (SSSR count). The molecule has 6 nitrogen and oxygen atoms in total. The van der Waals surface area contributed by atoms with E-state index in [0.717, 1.165) is 0 Å². The van der Waals surface area contributed by atoms with Crippen LogP contribution in [-0.4, -0.2) is 31.1 Å². The Balaban J connectivity index is 2.59. The van der Waals surface area contributed by atoms with E-state index in [1.165, 1.54) is 19.2 Å². The molecule has 0 radical (unpaired) electrons. The summed E-state index contributed by atoms with van der Waals surface area (Å²) in [6, 6.07) is 4.54. The van der Waals surface area contributed by atoms with Crippen LogP contribution in [0.2, 0.25) is 0 Å². The van der Waals surface area contributed by atoms with Crippen LogP contribution in [0.1, 0.15) is 31.1 Å². The van der Waals surface area contributed by atoms with Crippen LogP contribution in [0.25, 0.3) is 0 Å². The quantitative estimate of drug-likeness (QED) is 0.641. The third-order valence-corrected chi connectivity index (χ3v) is 2.31. The van der Waals surface area contributed by atoms with Gasteiger partial charge in [-0.25, -0.2) is 4.79 Å². The largest absolute Gasteiger partial charge is 0.495 e. The average molecular weight is 280 g/mol. The molecule has 0 aliphatic carbocycles. The number of benzene rings is 1. The summed E-state index contributed by atoms with van der Waals surface area (Å²) in [5, 5.41) is 2.69. The van der Waals surface area contributed by atoms with Crippen LogP contribution < -0.4 is 15.8 Å². The Labute approximate surface area is 118 Å². The molecule has 3 N–H and O–H groups in total. The summed E-state index contributed by atoms with van der Waals surface area (Å²) in [7, 11) is 1.49. The molecular weight excluding hydrogens is 260 g/mol. The Morgan fingerprint density at radius 3 is 2.45 bits per heavy atom. The van der Waals surface area contributed by atoms with Gasteiger partial charge in [0, 0.05) is 5.54 Å². The van der Waals surface area contributed by atoms with Gasteiger partial charge in [0.2, 0.25) is 0 Å². The molecule has 0 saturated carbocycles. The molecule has 6 heteroatoms. The van der Waals surface area contributed by atoms with E-state index in [1.807, 2.05) is 20.8 Å². The van der Waals surface area contributed by atoms with Crippen molar-refractivity contribution in [1.29, 1.82) is 0 Å². The van der Waals surface area contributed by atoms with E-state index >= 15 is 0 Å². The molecule has 0 aromatic heterocycles. The maximum Gasteiger partial charge on any atom is 0.338 e. The molecule has 0 unspecified atom stereocenters. The third-order valence-electron chi connectivity index (χ3n) is 2.31. The van der Waals surface area contributed by atoms with E-state index < -0.39 is 5.97 Å². The topological polar surface area (TPSA) is 90.6 Å². The first kappa shape index (κ1) is 15.8. The van der Waals surface area contributed by atoms with Gasteiger partial charge in [-0.3, -0.25) is 4.79 Å². The number of ether oxygens (including phenoxy) is 2. The van der Waals surface area contributed by atoms with Crippen molar-refractivity contribution in [1.82, 2.24) is 5.32 Å². The lowest BCUT2D eigenvalue weighted by Gasteiger charge is -2.20. The summed E-state index contributed by atoms with van der Waals surface area (Å²) in [6.07, 6.45) is 0. The predicted molar refractivity (Wildman–Crippen MR) is 75.6 cm³/mol. The Kier molecular flexibility index (Phi) is 4.96. The molecule has 20 heavy (non-hydrogen) atoms. The molecule has 0 atom stereocenters. The van der Waals surface area contributed by atoms with Crippen LogP contribution >= 0.6 is 0 Å². The molecule has 0 heterocycles. The summed E-state index contributed by atoms with van der Waals surface area (Å²) in [5.74, 6) is -0.484. The van der Waals surface area contributed by atoms with Gasteiger partial charge in [-0.15, -0.1) is 0 Å². The fraction of sp³-hybridized carbons (Fsp3) is 0.429. The summed E-state index contributed by atoms with van der Waals surface area (Å²) >= 11 is 0. The average Bonchev–Trinajstić information content (AvgIpc) is 2.33. The number of methoxy groups -OCH3 is 1. The molecular formula is C14H20N2O4. The minimum Gasteiger partial charge on any atom is -0.495 e. The molecule has 0 bridgehead atoms. The van der Waals surface area contributed by atoms with Crippen molar-refractivity contribution in [2.24, 2.45) is 0 Å². The van der Waals surface area contributed by atoms with Crippen molar-refractivity contribution in [3.63, 3.8) is 0 Å². The minimum absolute atomic E-state index is 0.270. The standard InChI is InChI=1S/C14H20N2O4/c1-14(2,3)16-12(17)8-20-13(18)9-5-6-11(19-4)10(15)7-9/h5-7H,8,15H2,1-4H3,(H,16,17). The number of rotatable bonds is 4. The predicted octanol–water partition coefficient (Wildman–Crippen LogP) is 1.35. The highest BCUT2D eigenvalue weighted by Gasteiger charge is 2.16. The maximum atomic E-state index is 11.8. The fourth-order valence-corrected chi connectivity index (χ4v) is 1.53. The molecule has 0 spiro atoms. The van der Waals surface area contributed by atoms with Gasteiger partial charge in [0.05, 0.1) is 18.4 Å². The lowest BCUT2D eigenvalue weighted by molar-refractivity contribution is -0.125. The molecule has 1 aromatic carbocycles. The lowest BCUT2D eigenvalue weighted by atomic mass is 10.1. The number of hydrogen-bond donors (Lipinski definition) is 2. The number of nitrogens with two attached hydrogens (primary N) is 1. The van der Waals surface area contributed by atoms with E-state index in [2.05, 4.69) is 5.32 Å². The van der Waals surface area contributed by atoms with Gasteiger partial charge in [0.15, 0.2) is 6.61 Å². The van der Waals surface area contributed by atoms with Crippen molar-refractivity contribution in [3.05, 3.63) is 23.8 Å². The second-order valence-corrected chi connectivity index (χ2v) is 5.33. The Hall–Kier alpha value is -2.24. The third kappa shape index (κ3) is 4.79. The van der Waals surface area contributed by atoms with Crippen LogP contribution in [0, 0.1) is 0 Å². The zero-order chi connectivity index (χ0) is 15.3. The monoisotopic (exact) mass is 280 g/mol. The number of amides is 1. The number of carbonyl (C=O) groups is 2. The highest BCUT2D eigenvalue weighted by molar-refractivity contribution is 5.92. The normalized spacial score (nSPS) is 10.8. The van der Waals surface area contributed by atoms with Gasteiger partial charge in [-0.05, 0) is 39.0 Å². The first-order valence-electron chi connectivity index (χ1n) is 6.14. The van der Waals surface area contributed by atoms with Crippen LogP contribution in [-0.2, 0) is 9.53 Å². The summed E-state index contributed by atoms with van der Waals surface area (Å²) in [5.41, 5.74) is 5.93. The molecule has 0 saturated heterocycles. The van der Waals surface area contributed by atoms with Crippen molar-refractivity contribution >= 4 is 17.6 Å². The molecule has 0 aliphatic heterocycles. The number of hydrogen-bond acceptors (Lipinski definition) is 5. The van der Waals surface area contributed by atoms with Crippen molar-refractivity contribution < 1.29 is 19.1 Å². The van der Waals surface area contributed by atoms with Gasteiger partial charge in [0.25, 0.3) is 5.91 Å². The molecule has 1 amide bonds. The van der Waals surface area contributed by atoms with Gasteiger partial charge in [-0.1, -0.05) is 0 Å². The van der Waals surface area contributed by atoms with Crippen molar-refractivity contribution in [3.8, 4) is 5.75 Å². The highest BCUT2D eigenvalue weighted by Crippen LogP contribution is 2.22. The summed E-state index contributed by atoms with van der Waals surface area (Å²) < 4.78 is 9.91. The van der Waals surface area contributed by atoms with Gasteiger partial charge >= 0.3 is 5.97 Å². The maximum absolute atomic E-state index is 11.8. The first-order valence-corrected chi connectivity index (χ1v) is 6.14. The number of nitrogen functional groups attached to an aromatic ring is 1. The number of esters is 1. The minimum atomic E-state index is -0.608. The SMILES string of the molecule is COc1ccc(C(=O)OCC(=O)NC(C)(C)C)cc1N. The lowest BCUT2D eigenvalue weighted by Crippen LogP contribution is -2.42. The van der Waals surface area contributed by atoms with Crippen LogP contribution in [0.4, 0.5) is 5.69 Å². The van der Waals surface area contributed by atoms with Gasteiger partial charge < -0.3 is 20.5 Å². The van der Waals surface area contributed by atoms with Crippen LogP contribution in [0.3, 0.4) is 0 Å². The number of anilines is 1. The van der Waals surface area contributed by atoms with E-state index in [0.29, 0.717) is 11.4 Å². The zero-order valence-corrected chi connectivity index (χ0v) is 12.1. The first-order chi connectivity index (χ1) is 9.23. The highest BCUT2D eigenvalue weighted by atomic mass is 16.5. The second-order valence-electron chi connectivity index (χ2n) is 5.33. The molecule has 0 aliphatic rings. The summed E-state index contributed by atoms with van der Waals surface area (Å²) in [6.45, 7) is 5.20. The van der Waals surface area contributed by atoms with Crippen molar-refractivity contribution in [2.45, 2.75) is 26.3 Å². The van der Waals surface area contributed by atoms with E-state index in [-0.39, 0.29) is 23.6 Å². The Morgan fingerprint density at radius 2 is 1.95 bits per heavy atom. The van der Waals surface area contributed by atoms with Gasteiger partial charge in [0.1, 0.15) is 5.75 Å². The van der Waals surface area contributed by atoms with E-state index in [9.17, 15) is 9.59 Å². The Morgan fingerprint density at radius 1 is 1.30 bits per heavy atom. The molecule has 110 valence electrons.